The van der Waals surface area contributed by atoms with Gasteiger partial charge < -0.3 is 10.2 Å². The predicted molar refractivity (Wildman–Crippen MR) is 116 cm³/mol. The smallest absolute Gasteiger partial charge is 0.318 e. The van der Waals surface area contributed by atoms with Crippen molar-refractivity contribution in [2.24, 2.45) is 0 Å². The number of nitrogens with one attached hydrogen (secondary N) is 1. The van der Waals surface area contributed by atoms with Gasteiger partial charge in [-0.2, -0.15) is 0 Å². The minimum atomic E-state index is -0.0301. The number of benzene rings is 2. The molecular weight excluding hydrogens is 346 g/mol. The fourth-order valence-corrected chi connectivity index (χ4v) is 4.29. The molecule has 0 saturated heterocycles. The molecule has 0 bridgehead atoms. The van der Waals surface area contributed by atoms with Crippen LogP contribution in [0.15, 0.2) is 54.6 Å². The second-order valence-electron chi connectivity index (χ2n) is 8.11. The highest BCUT2D eigenvalue weighted by Gasteiger charge is 2.31. The average molecular weight is 380 g/mol. The van der Waals surface area contributed by atoms with Gasteiger partial charge in [-0.05, 0) is 50.8 Å². The highest BCUT2D eigenvalue weighted by molar-refractivity contribution is 5.76. The van der Waals surface area contributed by atoms with Crippen molar-refractivity contribution in [1.29, 1.82) is 0 Å². The molecule has 4 nitrogen and oxygen atoms in total. The van der Waals surface area contributed by atoms with Gasteiger partial charge in [0.1, 0.15) is 0 Å². The summed E-state index contributed by atoms with van der Waals surface area (Å²) in [7, 11) is 0. The van der Waals surface area contributed by atoms with Crippen LogP contribution < -0.4 is 5.32 Å². The summed E-state index contributed by atoms with van der Waals surface area (Å²) in [5, 5.41) is 3.17. The van der Waals surface area contributed by atoms with Gasteiger partial charge in [-0.15, -0.1) is 0 Å². The molecule has 1 aliphatic heterocycles. The summed E-state index contributed by atoms with van der Waals surface area (Å²) >= 11 is 0. The van der Waals surface area contributed by atoms with Crippen LogP contribution >= 0.6 is 0 Å². The molecule has 1 atom stereocenters. The van der Waals surface area contributed by atoms with Gasteiger partial charge in [0.25, 0.3) is 0 Å². The van der Waals surface area contributed by atoms with Gasteiger partial charge in [-0.1, -0.05) is 54.6 Å². The molecule has 1 unspecified atom stereocenters. The molecule has 4 heteroatoms. The molecule has 0 aromatic heterocycles. The first kappa shape index (κ1) is 20.4. The van der Waals surface area contributed by atoms with Crippen LogP contribution in [-0.2, 0) is 6.42 Å². The zero-order valence-corrected chi connectivity index (χ0v) is 17.6. The number of carbonyl (C=O) groups excluding carboxylic acids is 1. The van der Waals surface area contributed by atoms with Crippen LogP contribution in [0.3, 0.4) is 0 Å². The maximum atomic E-state index is 13.1. The number of carbonyl (C=O) groups is 1. The first-order valence-corrected chi connectivity index (χ1v) is 10.4. The van der Waals surface area contributed by atoms with Gasteiger partial charge in [0.2, 0.25) is 0 Å². The minimum absolute atomic E-state index is 0.0239. The quantitative estimate of drug-likeness (QED) is 0.804. The summed E-state index contributed by atoms with van der Waals surface area (Å²) in [6.45, 7) is 11.1. The van der Waals surface area contributed by atoms with Gasteiger partial charge in [-0.25, -0.2) is 4.79 Å². The van der Waals surface area contributed by atoms with Gasteiger partial charge in [0, 0.05) is 31.7 Å². The maximum absolute atomic E-state index is 13.1. The SMILES string of the molecule is CC(C)N(CCNC(=O)N1CCc2ccccc2C1c1ccccc1)C(C)C. The lowest BCUT2D eigenvalue weighted by Gasteiger charge is -2.38. The van der Waals surface area contributed by atoms with Gasteiger partial charge in [-0.3, -0.25) is 4.90 Å². The van der Waals surface area contributed by atoms with Crippen molar-refractivity contribution in [3.8, 4) is 0 Å². The van der Waals surface area contributed by atoms with Crippen molar-refractivity contribution in [1.82, 2.24) is 15.1 Å². The lowest BCUT2D eigenvalue weighted by Crippen LogP contribution is -2.49. The normalized spacial score (nSPS) is 16.5. The van der Waals surface area contributed by atoms with E-state index in [1.54, 1.807) is 0 Å². The van der Waals surface area contributed by atoms with Crippen molar-refractivity contribution >= 4 is 6.03 Å². The number of hydrogen-bond donors (Lipinski definition) is 1. The summed E-state index contributed by atoms with van der Waals surface area (Å²) in [5.74, 6) is 0. The van der Waals surface area contributed by atoms with Crippen molar-refractivity contribution < 1.29 is 4.79 Å². The maximum Gasteiger partial charge on any atom is 0.318 e. The zero-order valence-electron chi connectivity index (χ0n) is 17.6. The van der Waals surface area contributed by atoms with E-state index >= 15 is 0 Å². The number of urea groups is 1. The summed E-state index contributed by atoms with van der Waals surface area (Å²) in [6, 6.07) is 19.8. The van der Waals surface area contributed by atoms with E-state index in [1.165, 1.54) is 11.1 Å². The Labute approximate surface area is 169 Å². The summed E-state index contributed by atoms with van der Waals surface area (Å²) < 4.78 is 0. The molecule has 0 fully saturated rings. The van der Waals surface area contributed by atoms with E-state index < -0.39 is 0 Å². The molecule has 2 amide bonds. The van der Waals surface area contributed by atoms with Crippen LogP contribution in [0.2, 0.25) is 0 Å². The molecule has 3 rings (SSSR count). The summed E-state index contributed by atoms with van der Waals surface area (Å²) in [4.78, 5) is 17.5. The molecule has 0 saturated carbocycles. The van der Waals surface area contributed by atoms with Gasteiger partial charge in [0.05, 0.1) is 6.04 Å². The van der Waals surface area contributed by atoms with E-state index in [0.717, 1.165) is 25.1 Å². The molecule has 1 N–H and O–H groups in total. The van der Waals surface area contributed by atoms with Crippen LogP contribution in [0.1, 0.15) is 50.4 Å². The van der Waals surface area contributed by atoms with Crippen molar-refractivity contribution in [3.05, 3.63) is 71.3 Å². The Morgan fingerprint density at radius 2 is 1.68 bits per heavy atom. The number of amides is 2. The van der Waals surface area contributed by atoms with Crippen molar-refractivity contribution in [2.75, 3.05) is 19.6 Å². The molecule has 150 valence electrons. The first-order valence-electron chi connectivity index (χ1n) is 10.4. The topological polar surface area (TPSA) is 35.6 Å². The van der Waals surface area contributed by atoms with Gasteiger partial charge >= 0.3 is 6.03 Å². The monoisotopic (exact) mass is 379 g/mol. The van der Waals surface area contributed by atoms with Crippen LogP contribution in [-0.4, -0.2) is 47.5 Å². The zero-order chi connectivity index (χ0) is 20.1. The fourth-order valence-electron chi connectivity index (χ4n) is 4.29. The van der Waals surface area contributed by atoms with E-state index in [0.29, 0.717) is 18.6 Å². The third-order valence-corrected chi connectivity index (χ3v) is 5.63. The molecule has 1 aliphatic rings. The highest BCUT2D eigenvalue weighted by atomic mass is 16.2. The Bertz CT molecular complexity index is 764. The Morgan fingerprint density at radius 3 is 2.36 bits per heavy atom. The van der Waals surface area contributed by atoms with E-state index in [-0.39, 0.29) is 12.1 Å². The first-order chi connectivity index (χ1) is 13.5. The molecule has 0 spiro atoms. The van der Waals surface area contributed by atoms with Crippen LogP contribution in [0, 0.1) is 0 Å². The molecule has 28 heavy (non-hydrogen) atoms. The molecular formula is C24H33N3O. The molecule has 2 aromatic rings. The largest absolute Gasteiger partial charge is 0.337 e. The van der Waals surface area contributed by atoms with Crippen LogP contribution in [0.25, 0.3) is 0 Å². The third kappa shape index (κ3) is 4.56. The van der Waals surface area contributed by atoms with Crippen molar-refractivity contribution in [3.63, 3.8) is 0 Å². The number of fused-ring (bicyclic) bond motifs is 1. The van der Waals surface area contributed by atoms with Crippen LogP contribution in [0.5, 0.6) is 0 Å². The van der Waals surface area contributed by atoms with E-state index in [1.807, 2.05) is 23.1 Å². The van der Waals surface area contributed by atoms with E-state index in [9.17, 15) is 4.79 Å². The Hall–Kier alpha value is -2.33. The Balaban J connectivity index is 1.75. The average Bonchev–Trinajstić information content (AvgIpc) is 2.70. The molecule has 1 heterocycles. The van der Waals surface area contributed by atoms with Gasteiger partial charge in [0.15, 0.2) is 0 Å². The predicted octanol–water partition coefficient (Wildman–Crippen LogP) is 4.46. The minimum Gasteiger partial charge on any atom is -0.337 e. The lowest BCUT2D eigenvalue weighted by atomic mass is 9.88. The third-order valence-electron chi connectivity index (χ3n) is 5.63. The number of nitrogens with zero attached hydrogens (tertiary/aromatic N) is 2. The standard InChI is InChI=1S/C24H33N3O/c1-18(2)26(19(3)4)17-15-25-24(28)27-16-14-20-10-8-9-13-22(20)23(27)21-11-6-5-7-12-21/h5-13,18-19,23H,14-17H2,1-4H3,(H,25,28). The molecule has 0 aliphatic carbocycles. The summed E-state index contributed by atoms with van der Waals surface area (Å²) in [6.07, 6.45) is 0.900. The van der Waals surface area contributed by atoms with Crippen molar-refractivity contribution in [2.45, 2.75) is 52.2 Å². The Morgan fingerprint density at radius 1 is 1.04 bits per heavy atom. The van der Waals surface area contributed by atoms with Crippen LogP contribution in [0.4, 0.5) is 4.79 Å². The fraction of sp³-hybridized carbons (Fsp3) is 0.458. The number of rotatable bonds is 6. The number of hydrogen-bond acceptors (Lipinski definition) is 2. The van der Waals surface area contributed by atoms with E-state index in [4.69, 9.17) is 0 Å². The Kier molecular flexibility index (Phi) is 6.74. The highest BCUT2D eigenvalue weighted by Crippen LogP contribution is 2.34. The second kappa shape index (κ2) is 9.24. The van der Waals surface area contributed by atoms with E-state index in [2.05, 4.69) is 74.3 Å². The summed E-state index contributed by atoms with van der Waals surface area (Å²) in [5.41, 5.74) is 3.74. The second-order valence-corrected chi connectivity index (χ2v) is 8.11. The molecule has 2 aromatic carbocycles. The lowest BCUT2D eigenvalue weighted by molar-refractivity contribution is 0.162. The molecule has 0 radical (unpaired) electrons.